The van der Waals surface area contributed by atoms with Crippen molar-refractivity contribution in [3.8, 4) is 0 Å². The van der Waals surface area contributed by atoms with E-state index in [1.807, 2.05) is 29.2 Å². The minimum atomic E-state index is 0.531. The fraction of sp³-hybridized carbons (Fsp3) is 0.500. The van der Waals surface area contributed by atoms with E-state index in [-0.39, 0.29) is 0 Å². The van der Waals surface area contributed by atoms with E-state index >= 15 is 0 Å². The van der Waals surface area contributed by atoms with Gasteiger partial charge >= 0.3 is 0 Å². The largest absolute Gasteiger partial charge is 0.351 e. The van der Waals surface area contributed by atoms with Crippen molar-refractivity contribution in [2.45, 2.75) is 19.4 Å². The lowest BCUT2D eigenvalue weighted by molar-refractivity contribution is 0.553. The van der Waals surface area contributed by atoms with Crippen molar-refractivity contribution in [2.24, 2.45) is 5.92 Å². The Balaban J connectivity index is 2.06. The van der Waals surface area contributed by atoms with Crippen molar-refractivity contribution in [2.75, 3.05) is 16.8 Å². The highest BCUT2D eigenvalue weighted by atomic mass is 79.9. The van der Waals surface area contributed by atoms with Crippen molar-refractivity contribution >= 4 is 27.3 Å². The maximum absolute atomic E-state index is 4.54. The number of fused-ring (bicyclic) bond motifs is 1. The van der Waals surface area contributed by atoms with E-state index in [4.69, 9.17) is 0 Å². The summed E-state index contributed by atoms with van der Waals surface area (Å²) in [5.74, 6) is 1.76. The molecule has 3 rings (SSSR count). The predicted octanol–water partition coefficient (Wildman–Crippen LogP) is 2.34. The third-order valence-electron chi connectivity index (χ3n) is 3.62. The molecule has 1 fully saturated rings. The highest BCUT2D eigenvalue weighted by Gasteiger charge is 2.32. The first-order valence-electron chi connectivity index (χ1n) is 5.92. The van der Waals surface area contributed by atoms with Gasteiger partial charge in [-0.1, -0.05) is 22.9 Å². The molecule has 1 aliphatic heterocycles. The summed E-state index contributed by atoms with van der Waals surface area (Å²) >= 11 is 3.62. The zero-order chi connectivity index (χ0) is 11.8. The summed E-state index contributed by atoms with van der Waals surface area (Å²) in [5.41, 5.74) is 1.09. The molecule has 0 saturated carbocycles. The van der Waals surface area contributed by atoms with Crippen LogP contribution >= 0.6 is 15.9 Å². The van der Waals surface area contributed by atoms with Gasteiger partial charge in [-0.05, 0) is 18.4 Å². The first kappa shape index (κ1) is 11.0. The Labute approximate surface area is 109 Å². The number of hydrogen-bond donors (Lipinski definition) is 0. The number of hydrogen-bond acceptors (Lipinski definition) is 3. The molecule has 17 heavy (non-hydrogen) atoms. The summed E-state index contributed by atoms with van der Waals surface area (Å²) in [6.07, 6.45) is 6.77. The zero-order valence-electron chi connectivity index (χ0n) is 9.75. The third kappa shape index (κ3) is 1.73. The van der Waals surface area contributed by atoms with Crippen LogP contribution in [0.4, 0.5) is 5.82 Å². The number of aromatic nitrogens is 3. The van der Waals surface area contributed by atoms with Crippen LogP contribution in [0.1, 0.15) is 13.3 Å². The molecule has 2 aromatic rings. The minimum Gasteiger partial charge on any atom is -0.351 e. The minimum absolute atomic E-state index is 0.531. The number of anilines is 1. The highest BCUT2D eigenvalue weighted by molar-refractivity contribution is 9.09. The summed E-state index contributed by atoms with van der Waals surface area (Å²) in [7, 11) is 0. The highest BCUT2D eigenvalue weighted by Crippen LogP contribution is 2.31. The summed E-state index contributed by atoms with van der Waals surface area (Å²) in [6, 6.07) is 2.56. The lowest BCUT2D eigenvalue weighted by atomic mass is 10.1. The first-order chi connectivity index (χ1) is 8.31. The molecule has 0 aromatic carbocycles. The Bertz CT molecular complexity index is 524. The van der Waals surface area contributed by atoms with Gasteiger partial charge in [-0.15, -0.1) is 0 Å². The molecular weight excluding hydrogens is 280 g/mol. The van der Waals surface area contributed by atoms with Crippen molar-refractivity contribution in [3.63, 3.8) is 0 Å². The molecule has 0 radical (unpaired) electrons. The molecule has 4 nitrogen and oxygen atoms in total. The maximum Gasteiger partial charge on any atom is 0.154 e. The SMILES string of the molecule is CC1CCN(c2nccn3nccc23)C1CBr. The van der Waals surface area contributed by atoms with Gasteiger partial charge < -0.3 is 4.90 Å². The van der Waals surface area contributed by atoms with E-state index in [1.165, 1.54) is 6.42 Å². The maximum atomic E-state index is 4.54. The lowest BCUT2D eigenvalue weighted by Crippen LogP contribution is -2.34. The Morgan fingerprint density at radius 3 is 3.18 bits per heavy atom. The van der Waals surface area contributed by atoms with Crippen LogP contribution in [0.3, 0.4) is 0 Å². The monoisotopic (exact) mass is 294 g/mol. The van der Waals surface area contributed by atoms with E-state index in [9.17, 15) is 0 Å². The summed E-state index contributed by atoms with van der Waals surface area (Å²) in [6.45, 7) is 3.39. The molecule has 0 bridgehead atoms. The number of rotatable bonds is 2. The van der Waals surface area contributed by atoms with Crippen LogP contribution in [0.15, 0.2) is 24.7 Å². The molecule has 0 N–H and O–H groups in total. The Morgan fingerprint density at radius 1 is 1.47 bits per heavy atom. The average Bonchev–Trinajstić information content (AvgIpc) is 2.94. The molecule has 1 saturated heterocycles. The van der Waals surface area contributed by atoms with Crippen LogP contribution < -0.4 is 4.90 Å². The molecule has 0 amide bonds. The van der Waals surface area contributed by atoms with Gasteiger partial charge in [-0.3, -0.25) is 0 Å². The number of alkyl halides is 1. The van der Waals surface area contributed by atoms with Gasteiger partial charge in [0.2, 0.25) is 0 Å². The third-order valence-corrected chi connectivity index (χ3v) is 4.28. The predicted molar refractivity (Wildman–Crippen MR) is 71.7 cm³/mol. The Morgan fingerprint density at radius 2 is 2.35 bits per heavy atom. The molecular formula is C12H15BrN4. The molecule has 3 heterocycles. The van der Waals surface area contributed by atoms with Gasteiger partial charge in [0.15, 0.2) is 5.82 Å². The second kappa shape index (κ2) is 4.29. The van der Waals surface area contributed by atoms with Crippen molar-refractivity contribution in [1.29, 1.82) is 0 Å². The van der Waals surface area contributed by atoms with Crippen LogP contribution in [0, 0.1) is 5.92 Å². The second-order valence-corrected chi connectivity index (χ2v) is 5.24. The van der Waals surface area contributed by atoms with E-state index in [2.05, 4.69) is 37.8 Å². The lowest BCUT2D eigenvalue weighted by Gasteiger charge is -2.26. The summed E-state index contributed by atoms with van der Waals surface area (Å²) in [4.78, 5) is 6.94. The van der Waals surface area contributed by atoms with Gasteiger partial charge in [0.05, 0.1) is 6.20 Å². The smallest absolute Gasteiger partial charge is 0.154 e. The molecule has 0 spiro atoms. The number of halogens is 1. The standard InChI is InChI=1S/C12H15BrN4/c1-9-3-6-16(11(9)8-13)12-10-2-4-15-17(10)7-5-14-12/h2,4-5,7,9,11H,3,6,8H2,1H3. The van der Waals surface area contributed by atoms with Gasteiger partial charge in [-0.25, -0.2) is 9.50 Å². The van der Waals surface area contributed by atoms with Gasteiger partial charge in [0.1, 0.15) is 5.52 Å². The Kier molecular flexibility index (Phi) is 2.78. The zero-order valence-corrected chi connectivity index (χ0v) is 11.3. The molecule has 1 aliphatic rings. The van der Waals surface area contributed by atoms with Crippen LogP contribution in [0.2, 0.25) is 0 Å². The first-order valence-corrected chi connectivity index (χ1v) is 7.04. The molecule has 5 heteroatoms. The molecule has 2 atom stereocenters. The van der Waals surface area contributed by atoms with E-state index in [0.717, 1.165) is 23.2 Å². The van der Waals surface area contributed by atoms with E-state index < -0.39 is 0 Å². The van der Waals surface area contributed by atoms with Gasteiger partial charge in [0, 0.05) is 30.3 Å². The van der Waals surface area contributed by atoms with Crippen LogP contribution in [0.5, 0.6) is 0 Å². The molecule has 0 aliphatic carbocycles. The number of nitrogens with zero attached hydrogens (tertiary/aromatic N) is 4. The van der Waals surface area contributed by atoms with Crippen LogP contribution in [-0.2, 0) is 0 Å². The second-order valence-electron chi connectivity index (χ2n) is 4.59. The van der Waals surface area contributed by atoms with E-state index in [1.54, 1.807) is 0 Å². The van der Waals surface area contributed by atoms with Gasteiger partial charge in [0.25, 0.3) is 0 Å². The summed E-state index contributed by atoms with van der Waals surface area (Å²) in [5, 5.41) is 5.25. The molecule has 90 valence electrons. The fourth-order valence-electron chi connectivity index (χ4n) is 2.57. The average molecular weight is 295 g/mol. The topological polar surface area (TPSA) is 33.4 Å². The summed E-state index contributed by atoms with van der Waals surface area (Å²) < 4.78 is 1.89. The Hall–Kier alpha value is -1.10. The van der Waals surface area contributed by atoms with Crippen LogP contribution in [-0.4, -0.2) is 32.5 Å². The van der Waals surface area contributed by atoms with Crippen LogP contribution in [0.25, 0.3) is 5.52 Å². The molecule has 2 aromatic heterocycles. The quantitative estimate of drug-likeness (QED) is 0.797. The van der Waals surface area contributed by atoms with Gasteiger partial charge in [-0.2, -0.15) is 5.10 Å². The normalized spacial score (nSPS) is 24.7. The van der Waals surface area contributed by atoms with Crippen molar-refractivity contribution < 1.29 is 0 Å². The van der Waals surface area contributed by atoms with Crippen molar-refractivity contribution in [3.05, 3.63) is 24.7 Å². The van der Waals surface area contributed by atoms with Crippen molar-refractivity contribution in [1.82, 2.24) is 14.6 Å². The molecule has 2 unspecified atom stereocenters. The van der Waals surface area contributed by atoms with E-state index in [0.29, 0.717) is 12.0 Å². The fourth-order valence-corrected chi connectivity index (χ4v) is 3.56.